The van der Waals surface area contributed by atoms with Crippen molar-refractivity contribution in [3.8, 4) is 17.1 Å². The van der Waals surface area contributed by atoms with Gasteiger partial charge >= 0.3 is 0 Å². The van der Waals surface area contributed by atoms with Gasteiger partial charge in [0.05, 0.1) is 23.0 Å². The summed E-state index contributed by atoms with van der Waals surface area (Å²) in [7, 11) is -3.90. The van der Waals surface area contributed by atoms with E-state index in [0.717, 1.165) is 12.1 Å². The van der Waals surface area contributed by atoms with Crippen LogP contribution in [-0.2, 0) is 10.0 Å². The lowest BCUT2D eigenvalue weighted by atomic mass is 10.2. The number of amides is 1. The Balaban J connectivity index is 1.43. The zero-order chi connectivity index (χ0) is 23.4. The summed E-state index contributed by atoms with van der Waals surface area (Å²) in [5, 5.41) is 12.2. The number of nitrogens with zero attached hydrogens (tertiary/aromatic N) is 2. The van der Waals surface area contributed by atoms with Gasteiger partial charge in [-0.1, -0.05) is 12.1 Å². The third-order valence-corrected chi connectivity index (χ3v) is 5.93. The van der Waals surface area contributed by atoms with Crippen LogP contribution in [0, 0.1) is 5.82 Å². The summed E-state index contributed by atoms with van der Waals surface area (Å²) in [6, 6.07) is 16.7. The summed E-state index contributed by atoms with van der Waals surface area (Å²) in [5.41, 5.74) is 1.41. The molecule has 0 saturated heterocycles. The van der Waals surface area contributed by atoms with E-state index in [1.165, 1.54) is 60.9 Å². The van der Waals surface area contributed by atoms with Crippen LogP contribution in [0.1, 0.15) is 10.4 Å². The molecule has 0 aliphatic rings. The summed E-state index contributed by atoms with van der Waals surface area (Å²) in [6.45, 7) is 0. The van der Waals surface area contributed by atoms with Crippen molar-refractivity contribution in [1.82, 2.24) is 9.97 Å². The van der Waals surface area contributed by atoms with Gasteiger partial charge in [0.25, 0.3) is 15.9 Å². The number of carbonyl (C=O) groups is 1. The predicted octanol–water partition coefficient (Wildman–Crippen LogP) is 4.04. The maximum absolute atomic E-state index is 13.0. The highest BCUT2D eigenvalue weighted by Gasteiger charge is 2.16. The Labute approximate surface area is 188 Å². The maximum atomic E-state index is 13.0. The van der Waals surface area contributed by atoms with Crippen molar-refractivity contribution in [1.29, 1.82) is 0 Å². The molecule has 0 saturated carbocycles. The van der Waals surface area contributed by atoms with Gasteiger partial charge in [-0.25, -0.2) is 22.8 Å². The molecule has 33 heavy (non-hydrogen) atoms. The number of aromatic nitrogens is 2. The summed E-state index contributed by atoms with van der Waals surface area (Å²) in [5.74, 6) is -0.481. The second-order valence-electron chi connectivity index (χ2n) is 6.94. The highest BCUT2D eigenvalue weighted by atomic mass is 32.2. The normalized spacial score (nSPS) is 11.1. The largest absolute Gasteiger partial charge is 0.508 e. The SMILES string of the molecule is O=C(Nc1cnc(-c2cccc(O)c2)nc1)c1ccc(S(=O)(=O)Nc2ccc(F)cc2)cc1. The number of hydrogen-bond acceptors (Lipinski definition) is 6. The van der Waals surface area contributed by atoms with Gasteiger partial charge in [0.2, 0.25) is 0 Å². The molecule has 3 aromatic carbocycles. The van der Waals surface area contributed by atoms with Crippen molar-refractivity contribution in [2.45, 2.75) is 4.90 Å². The number of anilines is 2. The zero-order valence-corrected chi connectivity index (χ0v) is 17.8. The van der Waals surface area contributed by atoms with Crippen molar-refractivity contribution < 1.29 is 22.7 Å². The van der Waals surface area contributed by atoms with Crippen molar-refractivity contribution in [3.63, 3.8) is 0 Å². The molecule has 166 valence electrons. The van der Waals surface area contributed by atoms with E-state index >= 15 is 0 Å². The van der Waals surface area contributed by atoms with Gasteiger partial charge in [-0.3, -0.25) is 9.52 Å². The lowest BCUT2D eigenvalue weighted by Gasteiger charge is -2.09. The standard InChI is InChI=1S/C23H17FN4O4S/c24-17-6-8-18(9-7-17)28-33(31,32)21-10-4-15(5-11-21)23(30)27-19-13-25-22(26-14-19)16-2-1-3-20(29)12-16/h1-14,28-29H,(H,27,30). The van der Waals surface area contributed by atoms with Crippen LogP contribution in [0.5, 0.6) is 5.75 Å². The van der Waals surface area contributed by atoms with Crippen LogP contribution in [0.15, 0.2) is 90.1 Å². The van der Waals surface area contributed by atoms with E-state index in [2.05, 4.69) is 20.0 Å². The Morgan fingerprint density at radius 1 is 0.879 bits per heavy atom. The van der Waals surface area contributed by atoms with Gasteiger partial charge in [-0.15, -0.1) is 0 Å². The fourth-order valence-electron chi connectivity index (χ4n) is 2.91. The lowest BCUT2D eigenvalue weighted by Crippen LogP contribution is -2.15. The molecular formula is C23H17FN4O4S. The van der Waals surface area contributed by atoms with E-state index in [9.17, 15) is 22.7 Å². The number of nitrogens with one attached hydrogen (secondary N) is 2. The first-order chi connectivity index (χ1) is 15.8. The molecule has 8 nitrogen and oxygen atoms in total. The molecule has 0 radical (unpaired) electrons. The third-order valence-electron chi connectivity index (χ3n) is 4.54. The Kier molecular flexibility index (Phi) is 6.01. The Hall–Kier alpha value is -4.31. The number of halogens is 1. The molecule has 1 aromatic heterocycles. The quantitative estimate of drug-likeness (QED) is 0.396. The topological polar surface area (TPSA) is 121 Å². The van der Waals surface area contributed by atoms with Gasteiger partial charge in [-0.2, -0.15) is 0 Å². The van der Waals surface area contributed by atoms with Crippen molar-refractivity contribution >= 4 is 27.3 Å². The molecule has 0 aliphatic heterocycles. The van der Waals surface area contributed by atoms with Gasteiger partial charge < -0.3 is 10.4 Å². The minimum Gasteiger partial charge on any atom is -0.508 e. The number of benzene rings is 3. The highest BCUT2D eigenvalue weighted by molar-refractivity contribution is 7.92. The molecule has 0 spiro atoms. The molecular weight excluding hydrogens is 447 g/mol. The van der Waals surface area contributed by atoms with E-state index in [4.69, 9.17) is 0 Å². The monoisotopic (exact) mass is 464 g/mol. The van der Waals surface area contributed by atoms with Crippen molar-refractivity contribution in [3.05, 3.63) is 96.6 Å². The molecule has 3 N–H and O–H groups in total. The molecule has 10 heteroatoms. The second-order valence-corrected chi connectivity index (χ2v) is 8.62. The number of sulfonamides is 1. The molecule has 0 bridgehead atoms. The number of carbonyl (C=O) groups excluding carboxylic acids is 1. The number of hydrogen-bond donors (Lipinski definition) is 3. The summed E-state index contributed by atoms with van der Waals surface area (Å²) in [4.78, 5) is 20.8. The second kappa shape index (κ2) is 9.05. The Morgan fingerprint density at radius 2 is 1.55 bits per heavy atom. The number of phenols is 1. The molecule has 0 aliphatic carbocycles. The fraction of sp³-hybridized carbons (Fsp3) is 0. The number of rotatable bonds is 6. The van der Waals surface area contributed by atoms with Crippen LogP contribution in [-0.4, -0.2) is 29.4 Å². The zero-order valence-electron chi connectivity index (χ0n) is 16.9. The smallest absolute Gasteiger partial charge is 0.261 e. The summed E-state index contributed by atoms with van der Waals surface area (Å²) >= 11 is 0. The number of phenolic OH excluding ortho intramolecular Hbond substituents is 1. The van der Waals surface area contributed by atoms with E-state index in [1.54, 1.807) is 12.1 Å². The molecule has 0 atom stereocenters. The molecule has 4 rings (SSSR count). The molecule has 0 unspecified atom stereocenters. The fourth-order valence-corrected chi connectivity index (χ4v) is 3.97. The molecule has 4 aromatic rings. The third kappa shape index (κ3) is 5.31. The average molecular weight is 464 g/mol. The number of aromatic hydroxyl groups is 1. The Morgan fingerprint density at radius 3 is 2.18 bits per heavy atom. The Bertz CT molecular complexity index is 1390. The van der Waals surface area contributed by atoms with E-state index < -0.39 is 21.7 Å². The molecule has 1 amide bonds. The predicted molar refractivity (Wildman–Crippen MR) is 121 cm³/mol. The maximum Gasteiger partial charge on any atom is 0.261 e. The van der Waals surface area contributed by atoms with Gasteiger partial charge in [0.1, 0.15) is 11.6 Å². The minimum absolute atomic E-state index is 0.0535. The van der Waals surface area contributed by atoms with Crippen LogP contribution in [0.25, 0.3) is 11.4 Å². The lowest BCUT2D eigenvalue weighted by molar-refractivity contribution is 0.102. The molecule has 0 fully saturated rings. The van der Waals surface area contributed by atoms with Crippen LogP contribution in [0.2, 0.25) is 0 Å². The first kappa shape index (κ1) is 21.9. The van der Waals surface area contributed by atoms with Crippen molar-refractivity contribution in [2.75, 3.05) is 10.0 Å². The average Bonchev–Trinajstić information content (AvgIpc) is 2.81. The van der Waals surface area contributed by atoms with Crippen LogP contribution < -0.4 is 10.0 Å². The highest BCUT2D eigenvalue weighted by Crippen LogP contribution is 2.21. The van der Waals surface area contributed by atoms with Crippen LogP contribution in [0.3, 0.4) is 0 Å². The van der Waals surface area contributed by atoms with E-state index in [0.29, 0.717) is 17.1 Å². The minimum atomic E-state index is -3.90. The first-order valence-corrected chi connectivity index (χ1v) is 11.1. The summed E-state index contributed by atoms with van der Waals surface area (Å²) < 4.78 is 40.3. The molecule has 1 heterocycles. The van der Waals surface area contributed by atoms with Crippen molar-refractivity contribution in [2.24, 2.45) is 0 Å². The van der Waals surface area contributed by atoms with Gasteiger partial charge in [0, 0.05) is 16.8 Å². The van der Waals surface area contributed by atoms with Gasteiger partial charge in [0.15, 0.2) is 5.82 Å². The van der Waals surface area contributed by atoms with E-state index in [1.807, 2.05) is 0 Å². The van der Waals surface area contributed by atoms with E-state index in [-0.39, 0.29) is 21.9 Å². The van der Waals surface area contributed by atoms with Crippen LogP contribution >= 0.6 is 0 Å². The van der Waals surface area contributed by atoms with Crippen LogP contribution in [0.4, 0.5) is 15.8 Å². The summed E-state index contributed by atoms with van der Waals surface area (Å²) in [6.07, 6.45) is 2.85. The van der Waals surface area contributed by atoms with Gasteiger partial charge in [-0.05, 0) is 60.7 Å². The first-order valence-electron chi connectivity index (χ1n) is 9.61.